The fraction of sp³-hybridized carbons (Fsp3) is 0.522. The minimum Gasteiger partial charge on any atom is -0.342 e. The van der Waals surface area contributed by atoms with Crippen molar-refractivity contribution in [3.05, 3.63) is 45.9 Å². The quantitative estimate of drug-likeness (QED) is 0.715. The molecule has 0 atom stereocenters. The molecule has 3 heterocycles. The van der Waals surface area contributed by atoms with Crippen LogP contribution in [0.5, 0.6) is 0 Å². The lowest BCUT2D eigenvalue weighted by atomic mass is 10.2. The smallest absolute Gasteiger partial charge is 0.236 e. The second kappa shape index (κ2) is 10.3. The predicted octanol–water partition coefficient (Wildman–Crippen LogP) is 2.37. The third kappa shape index (κ3) is 6.35. The number of nitrogens with zero attached hydrogens (tertiary/aromatic N) is 4. The normalized spacial score (nSPS) is 17.8. The van der Waals surface area contributed by atoms with Gasteiger partial charge in [-0.2, -0.15) is 0 Å². The van der Waals surface area contributed by atoms with Gasteiger partial charge in [0.25, 0.3) is 0 Å². The maximum absolute atomic E-state index is 12.3. The zero-order valence-corrected chi connectivity index (χ0v) is 19.0. The average Bonchev–Trinajstić information content (AvgIpc) is 3.44. The molecule has 166 valence electrons. The van der Waals surface area contributed by atoms with Gasteiger partial charge in [-0.25, -0.2) is 4.98 Å². The zero-order valence-electron chi connectivity index (χ0n) is 18.2. The number of benzene rings is 1. The molecule has 2 amide bonds. The second-order valence-electron chi connectivity index (χ2n) is 8.46. The number of aromatic nitrogens is 1. The molecule has 0 aliphatic carbocycles. The van der Waals surface area contributed by atoms with E-state index in [1.165, 1.54) is 5.56 Å². The molecule has 0 spiro atoms. The van der Waals surface area contributed by atoms with Crippen molar-refractivity contribution < 1.29 is 9.59 Å². The van der Waals surface area contributed by atoms with Crippen molar-refractivity contribution in [3.8, 4) is 0 Å². The summed E-state index contributed by atoms with van der Waals surface area (Å²) in [6, 6.07) is 7.80. The van der Waals surface area contributed by atoms with Crippen LogP contribution in [0.15, 0.2) is 29.6 Å². The highest BCUT2D eigenvalue weighted by atomic mass is 32.1. The summed E-state index contributed by atoms with van der Waals surface area (Å²) in [7, 11) is 0. The molecule has 2 aliphatic heterocycles. The number of amides is 2. The van der Waals surface area contributed by atoms with Crippen LogP contribution in [0.25, 0.3) is 0 Å². The van der Waals surface area contributed by atoms with Gasteiger partial charge in [0, 0.05) is 56.9 Å². The van der Waals surface area contributed by atoms with E-state index < -0.39 is 0 Å². The van der Waals surface area contributed by atoms with Gasteiger partial charge in [0.1, 0.15) is 5.01 Å². The third-order valence-electron chi connectivity index (χ3n) is 5.91. The van der Waals surface area contributed by atoms with Gasteiger partial charge in [0.2, 0.25) is 11.8 Å². The largest absolute Gasteiger partial charge is 0.342 e. The van der Waals surface area contributed by atoms with Crippen LogP contribution in [0.2, 0.25) is 0 Å². The number of rotatable bonds is 7. The maximum atomic E-state index is 12.3. The fourth-order valence-corrected chi connectivity index (χ4v) is 4.86. The minimum atomic E-state index is -0.0407. The Morgan fingerprint density at radius 3 is 2.39 bits per heavy atom. The molecule has 2 fully saturated rings. The van der Waals surface area contributed by atoms with Gasteiger partial charge in [0.05, 0.1) is 18.7 Å². The van der Waals surface area contributed by atoms with Crippen LogP contribution in [0.3, 0.4) is 0 Å². The Bertz CT molecular complexity index is 884. The standard InChI is InChI=1S/C23H31N5O2S/c1-18-4-6-19(7-5-18)24-21(29)14-22-25-20(17-31-22)15-26-10-12-27(13-11-26)16-23(30)28-8-2-3-9-28/h4-7,17H,2-3,8-16H2,1H3,(H,24,29). The lowest BCUT2D eigenvalue weighted by Crippen LogP contribution is -2.49. The van der Waals surface area contributed by atoms with Crippen LogP contribution in [0.4, 0.5) is 5.69 Å². The number of carbonyl (C=O) groups is 2. The van der Waals surface area contributed by atoms with Crippen molar-refractivity contribution in [1.82, 2.24) is 19.7 Å². The molecular formula is C23H31N5O2S. The molecule has 2 aromatic rings. The predicted molar refractivity (Wildman–Crippen MR) is 123 cm³/mol. The van der Waals surface area contributed by atoms with Crippen LogP contribution in [-0.4, -0.2) is 77.3 Å². The number of thiazole rings is 1. The Hall–Kier alpha value is -2.29. The Balaban J connectivity index is 1.19. The van der Waals surface area contributed by atoms with E-state index in [9.17, 15) is 9.59 Å². The lowest BCUT2D eigenvalue weighted by molar-refractivity contribution is -0.131. The van der Waals surface area contributed by atoms with Gasteiger partial charge < -0.3 is 10.2 Å². The Kier molecular flexibility index (Phi) is 7.32. The fourth-order valence-electron chi connectivity index (χ4n) is 4.07. The number of anilines is 1. The molecule has 2 aliphatic rings. The molecule has 1 aromatic heterocycles. The van der Waals surface area contributed by atoms with E-state index in [1.54, 1.807) is 11.3 Å². The van der Waals surface area contributed by atoms with E-state index >= 15 is 0 Å². The summed E-state index contributed by atoms with van der Waals surface area (Å²) in [6.45, 7) is 8.92. The van der Waals surface area contributed by atoms with E-state index in [-0.39, 0.29) is 11.8 Å². The second-order valence-corrected chi connectivity index (χ2v) is 9.41. The first-order valence-corrected chi connectivity index (χ1v) is 12.0. The van der Waals surface area contributed by atoms with Gasteiger partial charge >= 0.3 is 0 Å². The summed E-state index contributed by atoms with van der Waals surface area (Å²) >= 11 is 1.54. The number of carbonyl (C=O) groups excluding carboxylic acids is 2. The summed E-state index contributed by atoms with van der Waals surface area (Å²) in [5, 5.41) is 5.83. The van der Waals surface area contributed by atoms with Crippen LogP contribution in [0.1, 0.15) is 29.1 Å². The van der Waals surface area contributed by atoms with Crippen molar-refractivity contribution in [2.24, 2.45) is 0 Å². The van der Waals surface area contributed by atoms with E-state index in [2.05, 4.69) is 25.5 Å². The number of likely N-dealkylation sites (tertiary alicyclic amines) is 1. The van der Waals surface area contributed by atoms with E-state index in [0.717, 1.165) is 75.0 Å². The molecule has 1 aromatic carbocycles. The Morgan fingerprint density at radius 2 is 1.68 bits per heavy atom. The van der Waals surface area contributed by atoms with Crippen molar-refractivity contribution in [1.29, 1.82) is 0 Å². The average molecular weight is 442 g/mol. The molecule has 0 saturated carbocycles. The summed E-state index contributed by atoms with van der Waals surface area (Å²) in [5.41, 5.74) is 3.00. The van der Waals surface area contributed by atoms with Crippen molar-refractivity contribution in [2.75, 3.05) is 51.1 Å². The Labute approximate surface area is 188 Å². The van der Waals surface area contributed by atoms with Gasteiger partial charge in [-0.1, -0.05) is 17.7 Å². The molecule has 0 unspecified atom stereocenters. The SMILES string of the molecule is Cc1ccc(NC(=O)Cc2nc(CN3CCN(CC(=O)N4CCCC4)CC3)cs2)cc1. The maximum Gasteiger partial charge on any atom is 0.236 e. The number of aryl methyl sites for hydroxylation is 1. The van der Waals surface area contributed by atoms with Crippen LogP contribution >= 0.6 is 11.3 Å². The van der Waals surface area contributed by atoms with Crippen molar-refractivity contribution in [2.45, 2.75) is 32.7 Å². The first kappa shape index (κ1) is 21.9. The molecule has 31 heavy (non-hydrogen) atoms. The molecule has 0 bridgehead atoms. The highest BCUT2D eigenvalue weighted by Gasteiger charge is 2.23. The van der Waals surface area contributed by atoms with Gasteiger partial charge in [-0.05, 0) is 31.9 Å². The highest BCUT2D eigenvalue weighted by Crippen LogP contribution is 2.16. The molecular weight excluding hydrogens is 410 g/mol. The lowest BCUT2D eigenvalue weighted by Gasteiger charge is -2.34. The third-order valence-corrected chi connectivity index (χ3v) is 6.81. The highest BCUT2D eigenvalue weighted by molar-refractivity contribution is 7.09. The zero-order chi connectivity index (χ0) is 21.6. The van der Waals surface area contributed by atoms with Gasteiger partial charge in [-0.15, -0.1) is 11.3 Å². The summed E-state index contributed by atoms with van der Waals surface area (Å²) in [6.07, 6.45) is 2.58. The van der Waals surface area contributed by atoms with E-state index in [4.69, 9.17) is 0 Å². The first-order chi connectivity index (χ1) is 15.0. The van der Waals surface area contributed by atoms with Crippen LogP contribution in [-0.2, 0) is 22.6 Å². The molecule has 4 rings (SSSR count). The van der Waals surface area contributed by atoms with Gasteiger partial charge in [0.15, 0.2) is 0 Å². The molecule has 0 radical (unpaired) electrons. The van der Waals surface area contributed by atoms with E-state index in [1.807, 2.05) is 36.1 Å². The molecule has 7 nitrogen and oxygen atoms in total. The summed E-state index contributed by atoms with van der Waals surface area (Å²) in [5.74, 6) is 0.236. The van der Waals surface area contributed by atoms with Crippen LogP contribution in [0, 0.1) is 6.92 Å². The molecule has 2 saturated heterocycles. The van der Waals surface area contributed by atoms with Crippen LogP contribution < -0.4 is 5.32 Å². The Morgan fingerprint density at radius 1 is 1.00 bits per heavy atom. The monoisotopic (exact) mass is 441 g/mol. The van der Waals surface area contributed by atoms with Crippen molar-refractivity contribution >= 4 is 28.8 Å². The first-order valence-electron chi connectivity index (χ1n) is 11.1. The van der Waals surface area contributed by atoms with Crippen molar-refractivity contribution in [3.63, 3.8) is 0 Å². The number of hydrogen-bond donors (Lipinski definition) is 1. The van der Waals surface area contributed by atoms with E-state index in [0.29, 0.717) is 13.0 Å². The number of hydrogen-bond acceptors (Lipinski definition) is 6. The minimum absolute atomic E-state index is 0.0407. The van der Waals surface area contributed by atoms with Gasteiger partial charge in [-0.3, -0.25) is 19.4 Å². The topological polar surface area (TPSA) is 68.8 Å². The summed E-state index contributed by atoms with van der Waals surface area (Å²) < 4.78 is 0. The summed E-state index contributed by atoms with van der Waals surface area (Å²) in [4.78, 5) is 35.9. The molecule has 8 heteroatoms. The number of nitrogens with one attached hydrogen (secondary N) is 1. The number of piperazine rings is 1. The molecule has 1 N–H and O–H groups in total.